The molecule has 3 aromatic rings. The molecule has 0 saturated carbocycles. The molecule has 1 N–H and O–H groups in total. The number of halogens is 2. The van der Waals surface area contributed by atoms with Crippen LogP contribution in [0.1, 0.15) is 46.1 Å². The lowest BCUT2D eigenvalue weighted by Crippen LogP contribution is -2.57. The van der Waals surface area contributed by atoms with Gasteiger partial charge in [-0.1, -0.05) is 43.6 Å². The van der Waals surface area contributed by atoms with E-state index < -0.39 is 51.5 Å². The summed E-state index contributed by atoms with van der Waals surface area (Å²) in [5, 5.41) is 22.2. The highest BCUT2D eigenvalue weighted by molar-refractivity contribution is 6.30. The monoisotopic (exact) mass is 575 g/mol. The number of nitro groups is 1. The molecule has 1 aliphatic rings. The van der Waals surface area contributed by atoms with Crippen molar-refractivity contribution < 1.29 is 24.0 Å². The highest BCUT2D eigenvalue weighted by atomic mass is 35.5. The van der Waals surface area contributed by atoms with Gasteiger partial charge >= 0.3 is 17.3 Å². The van der Waals surface area contributed by atoms with E-state index in [1.807, 2.05) is 13.8 Å². The second-order valence-electron chi connectivity index (χ2n) is 10.9. The predicted octanol–water partition coefficient (Wildman–Crippen LogP) is 4.63. The van der Waals surface area contributed by atoms with Crippen LogP contribution in [-0.4, -0.2) is 68.5 Å². The molecule has 1 fully saturated rings. The molecule has 13 heteroatoms. The Bertz CT molecular complexity index is 1540. The number of rotatable bonds is 5. The van der Waals surface area contributed by atoms with Crippen molar-refractivity contribution in [3.8, 4) is 5.69 Å². The van der Waals surface area contributed by atoms with Gasteiger partial charge in [-0.15, -0.1) is 0 Å². The molecular weight excluding hydrogens is 545 g/mol. The van der Waals surface area contributed by atoms with Crippen LogP contribution in [0.4, 0.5) is 20.6 Å². The number of amides is 1. The second kappa shape index (κ2) is 11.0. The Kier molecular flexibility index (Phi) is 8.04. The number of hydrogen-bond acceptors (Lipinski definition) is 8. The summed E-state index contributed by atoms with van der Waals surface area (Å²) >= 11 is 6.06. The van der Waals surface area contributed by atoms with Gasteiger partial charge in [-0.25, -0.2) is 14.2 Å². The number of carbonyl (C=O) groups excluding carboxylic acids is 1. The first-order valence-corrected chi connectivity index (χ1v) is 13.2. The maximum Gasteiger partial charge on any atom is 0.410 e. The Balaban J connectivity index is 1.98. The van der Waals surface area contributed by atoms with Crippen molar-refractivity contribution in [2.45, 2.75) is 52.2 Å². The number of aliphatic hydroxyl groups excluding tert-OH is 1. The number of aliphatic hydroxyl groups is 1. The van der Waals surface area contributed by atoms with Gasteiger partial charge in [0.1, 0.15) is 11.3 Å². The molecule has 4 rings (SSSR count). The van der Waals surface area contributed by atoms with Crippen molar-refractivity contribution in [3.05, 3.63) is 67.3 Å². The van der Waals surface area contributed by atoms with Crippen LogP contribution >= 0.6 is 11.6 Å². The third kappa shape index (κ3) is 5.46. The Morgan fingerprint density at radius 1 is 1.30 bits per heavy atom. The van der Waals surface area contributed by atoms with Crippen molar-refractivity contribution >= 4 is 40.1 Å². The van der Waals surface area contributed by atoms with Gasteiger partial charge in [-0.3, -0.25) is 19.5 Å². The normalized spacial score (nSPS) is 16.1. The molecule has 0 radical (unpaired) electrons. The first-order valence-electron chi connectivity index (χ1n) is 12.8. The fraction of sp³-hybridized carbons (Fsp3) is 0.444. The van der Waals surface area contributed by atoms with Gasteiger partial charge in [0, 0.05) is 19.6 Å². The minimum absolute atomic E-state index is 0.00328. The zero-order valence-corrected chi connectivity index (χ0v) is 23.6. The Morgan fingerprint density at radius 2 is 1.98 bits per heavy atom. The molecule has 1 aromatic carbocycles. The third-order valence-electron chi connectivity index (χ3n) is 6.62. The molecule has 40 heavy (non-hydrogen) atoms. The van der Waals surface area contributed by atoms with Crippen molar-refractivity contribution in [1.82, 2.24) is 14.5 Å². The number of carbonyl (C=O) groups is 1. The van der Waals surface area contributed by atoms with Crippen LogP contribution < -0.4 is 10.5 Å². The number of pyridine rings is 2. The number of benzene rings is 1. The van der Waals surface area contributed by atoms with Crippen molar-refractivity contribution in [1.29, 1.82) is 0 Å². The maximum absolute atomic E-state index is 14.9. The molecule has 11 nitrogen and oxygen atoms in total. The summed E-state index contributed by atoms with van der Waals surface area (Å²) in [6.07, 6.45) is -0.606. The fourth-order valence-electron chi connectivity index (χ4n) is 4.89. The molecule has 2 aromatic heterocycles. The molecule has 0 bridgehead atoms. The molecule has 0 unspecified atom stereocenters. The van der Waals surface area contributed by atoms with E-state index in [0.717, 1.165) is 16.2 Å². The third-order valence-corrected chi connectivity index (χ3v) is 6.89. The van der Waals surface area contributed by atoms with Crippen molar-refractivity contribution in [2.75, 3.05) is 31.1 Å². The van der Waals surface area contributed by atoms with E-state index in [4.69, 9.17) is 16.3 Å². The molecule has 1 atom stereocenters. The van der Waals surface area contributed by atoms with Crippen molar-refractivity contribution in [2.24, 2.45) is 0 Å². The lowest BCUT2D eigenvalue weighted by atomic mass is 10.0. The molecule has 0 aliphatic carbocycles. The summed E-state index contributed by atoms with van der Waals surface area (Å²) in [4.78, 5) is 45.3. The quantitative estimate of drug-likeness (QED) is 0.265. The molecule has 214 valence electrons. The number of aromatic nitrogens is 2. The number of piperazine rings is 1. The molecule has 1 amide bonds. The number of ether oxygens (including phenoxy) is 1. The van der Waals surface area contributed by atoms with E-state index in [1.54, 1.807) is 45.0 Å². The van der Waals surface area contributed by atoms with Crippen LogP contribution in [0.2, 0.25) is 5.15 Å². The Hall–Kier alpha value is -3.77. The molecule has 3 heterocycles. The molecule has 0 spiro atoms. The van der Waals surface area contributed by atoms with Crippen LogP contribution in [0.3, 0.4) is 0 Å². The Labute approximate surface area is 234 Å². The summed E-state index contributed by atoms with van der Waals surface area (Å²) in [5.41, 5.74) is -1.75. The summed E-state index contributed by atoms with van der Waals surface area (Å²) in [6, 6.07) is 7.04. The van der Waals surface area contributed by atoms with Crippen LogP contribution in [0.15, 0.2) is 35.1 Å². The smallest absolute Gasteiger partial charge is 0.410 e. The zero-order valence-electron chi connectivity index (χ0n) is 22.9. The number of fused-ring (bicyclic) bond motifs is 1. The van der Waals surface area contributed by atoms with Crippen LogP contribution in [0.5, 0.6) is 0 Å². The number of anilines is 1. The molecule has 1 aliphatic heterocycles. The van der Waals surface area contributed by atoms with E-state index >= 15 is 0 Å². The fourth-order valence-corrected chi connectivity index (χ4v) is 5.02. The number of nitrogens with zero attached hydrogens (tertiary/aromatic N) is 5. The standard InChI is InChI=1S/C27H31ClFN5O6/c1-15(2)17-8-6-7-9-20(17)33-24-18(12-19(29)23(28)30-24)21(22(25(33)36)34(38)39)32-11-10-31(13-16(32)14-35)26(37)40-27(3,4)5/h6-9,12,15-16,35H,10-11,13-14H2,1-5H3/t16-/m1/s1. The van der Waals surface area contributed by atoms with Crippen LogP contribution in [0, 0.1) is 15.9 Å². The first kappa shape index (κ1) is 29.2. The van der Waals surface area contributed by atoms with Gasteiger partial charge in [0.15, 0.2) is 16.6 Å². The van der Waals surface area contributed by atoms with Gasteiger partial charge in [0.05, 0.1) is 28.6 Å². The number of hydrogen-bond donors (Lipinski definition) is 1. The summed E-state index contributed by atoms with van der Waals surface area (Å²) in [7, 11) is 0. The van der Waals surface area contributed by atoms with E-state index in [1.165, 1.54) is 9.80 Å². The zero-order chi connectivity index (χ0) is 29.5. The van der Waals surface area contributed by atoms with E-state index in [2.05, 4.69) is 4.98 Å². The van der Waals surface area contributed by atoms with Gasteiger partial charge in [-0.2, -0.15) is 0 Å². The lowest BCUT2D eigenvalue weighted by molar-refractivity contribution is -0.385. The predicted molar refractivity (Wildman–Crippen MR) is 149 cm³/mol. The average molecular weight is 576 g/mol. The summed E-state index contributed by atoms with van der Waals surface area (Å²) in [5.74, 6) is -0.993. The van der Waals surface area contributed by atoms with E-state index in [-0.39, 0.29) is 42.3 Å². The van der Waals surface area contributed by atoms with E-state index in [9.17, 15) is 29.2 Å². The highest BCUT2D eigenvalue weighted by Crippen LogP contribution is 2.38. The summed E-state index contributed by atoms with van der Waals surface area (Å²) < 4.78 is 21.4. The topological polar surface area (TPSA) is 131 Å². The highest BCUT2D eigenvalue weighted by Gasteiger charge is 2.38. The van der Waals surface area contributed by atoms with Crippen LogP contribution in [0.25, 0.3) is 16.7 Å². The Morgan fingerprint density at radius 3 is 2.58 bits per heavy atom. The lowest BCUT2D eigenvalue weighted by Gasteiger charge is -2.42. The number of para-hydroxylation sites is 1. The first-order chi connectivity index (χ1) is 18.7. The molecular formula is C27H31ClFN5O6. The minimum Gasteiger partial charge on any atom is -0.444 e. The SMILES string of the molecule is CC(C)c1ccccc1-n1c(=O)c([N+](=O)[O-])c(N2CCN(C(=O)OC(C)(C)C)C[C@@H]2CO)c2cc(F)c(Cl)nc21. The largest absolute Gasteiger partial charge is 0.444 e. The maximum atomic E-state index is 14.9. The minimum atomic E-state index is -0.984. The van der Waals surface area contributed by atoms with Crippen LogP contribution in [-0.2, 0) is 4.74 Å². The second-order valence-corrected chi connectivity index (χ2v) is 11.3. The van der Waals surface area contributed by atoms with Crippen molar-refractivity contribution in [3.63, 3.8) is 0 Å². The average Bonchev–Trinajstić information content (AvgIpc) is 2.87. The van der Waals surface area contributed by atoms with E-state index in [0.29, 0.717) is 5.69 Å². The van der Waals surface area contributed by atoms with Gasteiger partial charge in [0.2, 0.25) is 0 Å². The molecule has 1 saturated heterocycles. The van der Waals surface area contributed by atoms with Gasteiger partial charge in [-0.05, 0) is 44.4 Å². The van der Waals surface area contributed by atoms with Gasteiger partial charge in [0.25, 0.3) is 0 Å². The summed E-state index contributed by atoms with van der Waals surface area (Å²) in [6.45, 7) is 8.49. The van der Waals surface area contributed by atoms with Gasteiger partial charge < -0.3 is 19.6 Å².